The van der Waals surface area contributed by atoms with Crippen LogP contribution in [0.2, 0.25) is 0 Å². The summed E-state index contributed by atoms with van der Waals surface area (Å²) in [6, 6.07) is 4.03. The van der Waals surface area contributed by atoms with Crippen molar-refractivity contribution >= 4 is 43.0 Å². The van der Waals surface area contributed by atoms with Gasteiger partial charge in [-0.25, -0.2) is 12.8 Å². The molecule has 0 bridgehead atoms. The van der Waals surface area contributed by atoms with E-state index in [2.05, 4.69) is 15.9 Å². The van der Waals surface area contributed by atoms with Crippen molar-refractivity contribution in [2.75, 3.05) is 12.8 Å². The molecule has 108 valence electrons. The van der Waals surface area contributed by atoms with Gasteiger partial charge in [0.15, 0.2) is 0 Å². The third-order valence-electron chi connectivity index (χ3n) is 2.73. The van der Waals surface area contributed by atoms with E-state index in [1.807, 2.05) is 16.8 Å². The van der Waals surface area contributed by atoms with Crippen LogP contribution in [0.1, 0.15) is 5.56 Å². The van der Waals surface area contributed by atoms with E-state index in [0.29, 0.717) is 0 Å². The summed E-state index contributed by atoms with van der Waals surface area (Å²) < 4.78 is 39.5. The fourth-order valence-corrected chi connectivity index (χ4v) is 4.09. The molecule has 0 unspecified atom stereocenters. The van der Waals surface area contributed by atoms with Gasteiger partial charge in [0.1, 0.15) is 10.7 Å². The van der Waals surface area contributed by atoms with Crippen molar-refractivity contribution in [2.24, 2.45) is 0 Å². The standard InChI is InChI=1S/C12H12BrFN2O2S2/c1-16(6-8-2-3-19-7-8)20(17,18)12-4-9(13)10(14)5-11(12)15/h2-5,7H,6,15H2,1H3. The van der Waals surface area contributed by atoms with Crippen molar-refractivity contribution in [3.8, 4) is 0 Å². The maximum Gasteiger partial charge on any atom is 0.245 e. The quantitative estimate of drug-likeness (QED) is 0.831. The number of halogens is 2. The first-order valence-corrected chi connectivity index (χ1v) is 8.72. The van der Waals surface area contributed by atoms with E-state index in [1.54, 1.807) is 0 Å². The normalized spacial score (nSPS) is 12.0. The predicted molar refractivity (Wildman–Crippen MR) is 81.5 cm³/mol. The number of nitrogens with zero attached hydrogens (tertiary/aromatic N) is 1. The maximum atomic E-state index is 13.3. The molecule has 0 amide bonds. The molecule has 0 saturated carbocycles. The number of rotatable bonds is 4. The third-order valence-corrected chi connectivity index (χ3v) is 5.93. The number of thiophene rings is 1. The van der Waals surface area contributed by atoms with Crippen molar-refractivity contribution in [3.05, 3.63) is 44.8 Å². The van der Waals surface area contributed by atoms with Gasteiger partial charge >= 0.3 is 0 Å². The first kappa shape index (κ1) is 15.4. The summed E-state index contributed by atoms with van der Waals surface area (Å²) in [4.78, 5) is -0.108. The van der Waals surface area contributed by atoms with E-state index in [-0.39, 0.29) is 21.6 Å². The second-order valence-corrected chi connectivity index (χ2v) is 7.84. The highest BCUT2D eigenvalue weighted by Gasteiger charge is 2.24. The smallest absolute Gasteiger partial charge is 0.245 e. The van der Waals surface area contributed by atoms with Gasteiger partial charge in [-0.2, -0.15) is 15.6 Å². The summed E-state index contributed by atoms with van der Waals surface area (Å²) in [6.45, 7) is 0.236. The highest BCUT2D eigenvalue weighted by atomic mass is 79.9. The number of nitrogens with two attached hydrogens (primary N) is 1. The Kier molecular flexibility index (Phi) is 4.48. The molecule has 4 nitrogen and oxygen atoms in total. The van der Waals surface area contributed by atoms with E-state index >= 15 is 0 Å². The van der Waals surface area contributed by atoms with Crippen LogP contribution in [0.4, 0.5) is 10.1 Å². The molecule has 1 aromatic heterocycles. The van der Waals surface area contributed by atoms with E-state index in [9.17, 15) is 12.8 Å². The molecule has 0 saturated heterocycles. The van der Waals surface area contributed by atoms with Gasteiger partial charge in [0, 0.05) is 13.6 Å². The summed E-state index contributed by atoms with van der Waals surface area (Å²) in [5.74, 6) is -0.595. The summed E-state index contributed by atoms with van der Waals surface area (Å²) in [7, 11) is -2.31. The van der Waals surface area contributed by atoms with Crippen LogP contribution in [-0.2, 0) is 16.6 Å². The van der Waals surface area contributed by atoms with E-state index in [4.69, 9.17) is 5.73 Å². The van der Waals surface area contributed by atoms with Gasteiger partial charge < -0.3 is 5.73 Å². The second-order valence-electron chi connectivity index (χ2n) is 4.20. The van der Waals surface area contributed by atoms with Crippen LogP contribution in [0.5, 0.6) is 0 Å². The van der Waals surface area contributed by atoms with Gasteiger partial charge in [-0.3, -0.25) is 0 Å². The number of hydrogen-bond acceptors (Lipinski definition) is 4. The molecule has 0 aliphatic heterocycles. The molecular weight excluding hydrogens is 367 g/mol. The van der Waals surface area contributed by atoms with Gasteiger partial charge in [-0.15, -0.1) is 0 Å². The molecule has 2 N–H and O–H groups in total. The first-order chi connectivity index (χ1) is 9.32. The van der Waals surface area contributed by atoms with Gasteiger partial charge in [0.25, 0.3) is 0 Å². The topological polar surface area (TPSA) is 63.4 Å². The molecule has 0 aliphatic rings. The Hall–Kier alpha value is -0.960. The lowest BCUT2D eigenvalue weighted by atomic mass is 10.3. The molecular formula is C12H12BrFN2O2S2. The second kappa shape index (κ2) is 5.80. The van der Waals surface area contributed by atoms with E-state index in [0.717, 1.165) is 11.6 Å². The summed E-state index contributed by atoms with van der Waals surface area (Å²) in [6.07, 6.45) is 0. The zero-order chi connectivity index (χ0) is 14.9. The zero-order valence-electron chi connectivity index (χ0n) is 10.5. The average molecular weight is 379 g/mol. The van der Waals surface area contributed by atoms with Gasteiger partial charge in [0.05, 0.1) is 10.2 Å². The lowest BCUT2D eigenvalue weighted by Crippen LogP contribution is -2.27. The van der Waals surface area contributed by atoms with Crippen LogP contribution in [0.25, 0.3) is 0 Å². The Morgan fingerprint density at radius 2 is 2.15 bits per heavy atom. The first-order valence-electron chi connectivity index (χ1n) is 5.54. The third kappa shape index (κ3) is 3.03. The van der Waals surface area contributed by atoms with E-state index < -0.39 is 15.8 Å². The minimum absolute atomic E-state index is 0.0641. The maximum absolute atomic E-state index is 13.3. The largest absolute Gasteiger partial charge is 0.398 e. The number of hydrogen-bond donors (Lipinski definition) is 1. The lowest BCUT2D eigenvalue weighted by molar-refractivity contribution is 0.467. The van der Waals surface area contributed by atoms with Crippen LogP contribution in [-0.4, -0.2) is 19.8 Å². The summed E-state index contributed by atoms with van der Waals surface area (Å²) in [5, 5.41) is 3.74. The Balaban J connectivity index is 2.37. The van der Waals surface area contributed by atoms with Crippen LogP contribution < -0.4 is 5.73 Å². The fourth-order valence-electron chi connectivity index (χ4n) is 1.66. The van der Waals surface area contributed by atoms with Crippen LogP contribution in [0.15, 0.2) is 38.3 Å². The molecule has 0 spiro atoms. The molecule has 0 aliphatic carbocycles. The van der Waals surface area contributed by atoms with Crippen LogP contribution in [0, 0.1) is 5.82 Å². The average Bonchev–Trinajstić information content (AvgIpc) is 2.86. The van der Waals surface area contributed by atoms with E-state index in [1.165, 1.54) is 28.8 Å². The Labute approximate surface area is 129 Å². The van der Waals surface area contributed by atoms with Crippen LogP contribution >= 0.6 is 27.3 Å². The number of sulfonamides is 1. The van der Waals surface area contributed by atoms with Crippen molar-refractivity contribution < 1.29 is 12.8 Å². The van der Waals surface area contributed by atoms with Crippen molar-refractivity contribution in [2.45, 2.75) is 11.4 Å². The molecule has 0 radical (unpaired) electrons. The molecule has 0 atom stereocenters. The number of benzene rings is 1. The lowest BCUT2D eigenvalue weighted by Gasteiger charge is -2.18. The molecule has 20 heavy (non-hydrogen) atoms. The number of anilines is 1. The highest BCUT2D eigenvalue weighted by molar-refractivity contribution is 9.10. The molecule has 0 fully saturated rings. The SMILES string of the molecule is CN(Cc1ccsc1)S(=O)(=O)c1cc(Br)c(F)cc1N. The monoisotopic (exact) mass is 378 g/mol. The Morgan fingerprint density at radius 1 is 1.45 bits per heavy atom. The Morgan fingerprint density at radius 3 is 2.75 bits per heavy atom. The van der Waals surface area contributed by atoms with Gasteiger partial charge in [-0.05, 0) is 50.5 Å². The summed E-state index contributed by atoms with van der Waals surface area (Å²) >= 11 is 4.46. The minimum Gasteiger partial charge on any atom is -0.398 e. The fraction of sp³-hybridized carbons (Fsp3) is 0.167. The zero-order valence-corrected chi connectivity index (χ0v) is 13.7. The highest BCUT2D eigenvalue weighted by Crippen LogP contribution is 2.28. The van der Waals surface area contributed by atoms with Gasteiger partial charge in [-0.1, -0.05) is 0 Å². The van der Waals surface area contributed by atoms with Crippen molar-refractivity contribution in [1.29, 1.82) is 0 Å². The van der Waals surface area contributed by atoms with Crippen molar-refractivity contribution in [3.63, 3.8) is 0 Å². The minimum atomic E-state index is -3.77. The Bertz CT molecular complexity index is 717. The molecule has 2 rings (SSSR count). The van der Waals surface area contributed by atoms with Crippen molar-refractivity contribution in [1.82, 2.24) is 4.31 Å². The molecule has 1 heterocycles. The molecule has 8 heteroatoms. The van der Waals surface area contributed by atoms with Crippen LogP contribution in [0.3, 0.4) is 0 Å². The molecule has 1 aromatic carbocycles. The number of nitrogen functional groups attached to an aromatic ring is 1. The van der Waals surface area contributed by atoms with Gasteiger partial charge in [0.2, 0.25) is 10.0 Å². The molecule has 2 aromatic rings. The predicted octanol–water partition coefficient (Wildman–Crippen LogP) is 3.05. The summed E-state index contributed by atoms with van der Waals surface area (Å²) in [5.41, 5.74) is 6.40.